The van der Waals surface area contributed by atoms with Crippen LogP contribution in [0.3, 0.4) is 0 Å². The molecule has 1 amide bonds. The van der Waals surface area contributed by atoms with Gasteiger partial charge < -0.3 is 5.32 Å². The summed E-state index contributed by atoms with van der Waals surface area (Å²) in [5, 5.41) is 3.38. The molecule has 92 valence electrons. The number of amides is 1. The summed E-state index contributed by atoms with van der Waals surface area (Å²) < 4.78 is 1.42. The van der Waals surface area contributed by atoms with Gasteiger partial charge >= 0.3 is 0 Å². The number of nitrogens with one attached hydrogen (secondary N) is 1. The fourth-order valence-corrected chi connectivity index (χ4v) is 2.31. The van der Waals surface area contributed by atoms with Gasteiger partial charge in [0.15, 0.2) is 0 Å². The van der Waals surface area contributed by atoms with Gasteiger partial charge in [0.05, 0.1) is 11.3 Å². The first-order valence-electron chi connectivity index (χ1n) is 4.94. The number of pyridine rings is 1. The smallest absolute Gasteiger partial charge is 0.257 e. The standard InChI is InChI=1S/C12H7Br2ClN2O/c13-9-5-8(15)2-3-10(9)17-12(18)7-1-4-11(14)16-6-7/h1-6H,(H,17,18). The molecule has 0 bridgehead atoms. The molecular formula is C12H7Br2ClN2O. The summed E-state index contributed by atoms with van der Waals surface area (Å²) in [5.74, 6) is -0.224. The molecule has 0 aliphatic heterocycles. The highest BCUT2D eigenvalue weighted by Crippen LogP contribution is 2.26. The van der Waals surface area contributed by atoms with Crippen LogP contribution in [0.4, 0.5) is 5.69 Å². The maximum absolute atomic E-state index is 11.9. The van der Waals surface area contributed by atoms with Crippen LogP contribution in [0.2, 0.25) is 5.02 Å². The maximum atomic E-state index is 11.9. The molecular weight excluding hydrogens is 383 g/mol. The van der Waals surface area contributed by atoms with E-state index in [4.69, 9.17) is 11.6 Å². The van der Waals surface area contributed by atoms with Crippen molar-refractivity contribution < 1.29 is 4.79 Å². The third-order valence-corrected chi connectivity index (χ3v) is 3.53. The van der Waals surface area contributed by atoms with Crippen LogP contribution in [0.5, 0.6) is 0 Å². The Balaban J connectivity index is 2.18. The molecule has 1 N–H and O–H groups in total. The van der Waals surface area contributed by atoms with Crippen LogP contribution in [-0.4, -0.2) is 10.9 Å². The molecule has 0 spiro atoms. The molecule has 0 saturated heterocycles. The lowest BCUT2D eigenvalue weighted by atomic mass is 10.2. The Kier molecular flexibility index (Phi) is 4.37. The number of carbonyl (C=O) groups is 1. The van der Waals surface area contributed by atoms with Gasteiger partial charge in [-0.2, -0.15) is 0 Å². The van der Waals surface area contributed by atoms with Gasteiger partial charge in [0, 0.05) is 15.7 Å². The Morgan fingerprint density at radius 3 is 2.61 bits per heavy atom. The molecule has 0 aliphatic rings. The van der Waals surface area contributed by atoms with Crippen molar-refractivity contribution in [2.45, 2.75) is 0 Å². The van der Waals surface area contributed by atoms with Crippen molar-refractivity contribution in [3.05, 3.63) is 56.2 Å². The second-order valence-electron chi connectivity index (χ2n) is 3.45. The first-order valence-corrected chi connectivity index (χ1v) is 6.90. The number of aromatic nitrogens is 1. The second-order valence-corrected chi connectivity index (χ2v) is 5.55. The van der Waals surface area contributed by atoms with Crippen molar-refractivity contribution in [1.29, 1.82) is 0 Å². The minimum absolute atomic E-state index is 0.224. The van der Waals surface area contributed by atoms with E-state index in [0.29, 0.717) is 20.9 Å². The van der Waals surface area contributed by atoms with Crippen molar-refractivity contribution in [3.63, 3.8) is 0 Å². The number of hydrogen-bond donors (Lipinski definition) is 1. The van der Waals surface area contributed by atoms with E-state index in [1.54, 1.807) is 30.3 Å². The summed E-state index contributed by atoms with van der Waals surface area (Å²) in [7, 11) is 0. The number of benzene rings is 1. The molecule has 18 heavy (non-hydrogen) atoms. The lowest BCUT2D eigenvalue weighted by Gasteiger charge is -2.07. The summed E-state index contributed by atoms with van der Waals surface area (Å²) in [6.45, 7) is 0. The Labute approximate surface area is 126 Å². The Bertz CT molecular complexity index is 587. The molecule has 1 aromatic carbocycles. The lowest BCUT2D eigenvalue weighted by molar-refractivity contribution is 0.102. The monoisotopic (exact) mass is 388 g/mol. The molecule has 2 aromatic rings. The van der Waals surface area contributed by atoms with E-state index >= 15 is 0 Å². The highest BCUT2D eigenvalue weighted by molar-refractivity contribution is 9.10. The predicted molar refractivity (Wildman–Crippen MR) is 79.0 cm³/mol. The van der Waals surface area contributed by atoms with E-state index in [9.17, 15) is 4.79 Å². The van der Waals surface area contributed by atoms with E-state index in [1.807, 2.05) is 0 Å². The summed E-state index contributed by atoms with van der Waals surface area (Å²) in [6, 6.07) is 8.57. The van der Waals surface area contributed by atoms with Crippen LogP contribution in [0, 0.1) is 0 Å². The number of halogens is 3. The van der Waals surface area contributed by atoms with Crippen LogP contribution in [-0.2, 0) is 0 Å². The van der Waals surface area contributed by atoms with Crippen molar-refractivity contribution >= 4 is 55.1 Å². The van der Waals surface area contributed by atoms with Crippen molar-refractivity contribution in [1.82, 2.24) is 4.98 Å². The van der Waals surface area contributed by atoms with Gasteiger partial charge in [0.2, 0.25) is 0 Å². The van der Waals surface area contributed by atoms with Gasteiger partial charge in [-0.05, 0) is 62.2 Å². The molecule has 0 aliphatic carbocycles. The zero-order chi connectivity index (χ0) is 13.1. The highest BCUT2D eigenvalue weighted by Gasteiger charge is 2.08. The van der Waals surface area contributed by atoms with Crippen LogP contribution < -0.4 is 5.32 Å². The van der Waals surface area contributed by atoms with Gasteiger partial charge in [-0.25, -0.2) is 4.98 Å². The third kappa shape index (κ3) is 3.31. The van der Waals surface area contributed by atoms with Crippen molar-refractivity contribution in [3.8, 4) is 0 Å². The summed E-state index contributed by atoms with van der Waals surface area (Å²) in [4.78, 5) is 15.9. The fraction of sp³-hybridized carbons (Fsp3) is 0. The molecule has 3 nitrogen and oxygen atoms in total. The molecule has 0 saturated carbocycles. The molecule has 0 fully saturated rings. The predicted octanol–water partition coefficient (Wildman–Crippen LogP) is 4.51. The van der Waals surface area contributed by atoms with Crippen LogP contribution in [0.25, 0.3) is 0 Å². The van der Waals surface area contributed by atoms with Gasteiger partial charge in [-0.3, -0.25) is 4.79 Å². The number of hydrogen-bond acceptors (Lipinski definition) is 2. The summed E-state index contributed by atoms with van der Waals surface area (Å²) >= 11 is 12.4. The van der Waals surface area contributed by atoms with Crippen LogP contribution in [0.1, 0.15) is 10.4 Å². The molecule has 6 heteroatoms. The minimum atomic E-state index is -0.224. The molecule has 0 unspecified atom stereocenters. The first-order chi connectivity index (χ1) is 8.56. The van der Waals surface area contributed by atoms with E-state index in [0.717, 1.165) is 4.47 Å². The Morgan fingerprint density at radius 2 is 2.00 bits per heavy atom. The van der Waals surface area contributed by atoms with E-state index < -0.39 is 0 Å². The molecule has 1 aromatic heterocycles. The average molecular weight is 390 g/mol. The van der Waals surface area contributed by atoms with Crippen LogP contribution >= 0.6 is 43.5 Å². The zero-order valence-electron chi connectivity index (χ0n) is 8.95. The Hall–Kier alpha value is -0.910. The molecule has 2 rings (SSSR count). The van der Waals surface area contributed by atoms with Gasteiger partial charge in [0.1, 0.15) is 4.60 Å². The van der Waals surface area contributed by atoms with E-state index in [1.165, 1.54) is 6.20 Å². The SMILES string of the molecule is O=C(Nc1ccc(Cl)cc1Br)c1ccc(Br)nc1. The lowest BCUT2D eigenvalue weighted by Crippen LogP contribution is -2.12. The number of anilines is 1. The van der Waals surface area contributed by atoms with E-state index in [-0.39, 0.29) is 5.91 Å². The molecule has 0 atom stereocenters. The molecule has 0 radical (unpaired) electrons. The minimum Gasteiger partial charge on any atom is -0.321 e. The summed E-state index contributed by atoms with van der Waals surface area (Å²) in [6.07, 6.45) is 1.50. The quantitative estimate of drug-likeness (QED) is 0.767. The number of nitrogens with zero attached hydrogens (tertiary/aromatic N) is 1. The topological polar surface area (TPSA) is 42.0 Å². The third-order valence-electron chi connectivity index (χ3n) is 2.17. The second kappa shape index (κ2) is 5.82. The number of rotatable bonds is 2. The molecule has 1 heterocycles. The Morgan fingerprint density at radius 1 is 1.22 bits per heavy atom. The van der Waals surface area contributed by atoms with Gasteiger partial charge in [-0.1, -0.05) is 11.6 Å². The fourth-order valence-electron chi connectivity index (χ4n) is 1.30. The largest absolute Gasteiger partial charge is 0.321 e. The highest BCUT2D eigenvalue weighted by atomic mass is 79.9. The summed E-state index contributed by atoms with van der Waals surface area (Å²) in [5.41, 5.74) is 1.15. The van der Waals surface area contributed by atoms with Crippen molar-refractivity contribution in [2.24, 2.45) is 0 Å². The van der Waals surface area contributed by atoms with Crippen LogP contribution in [0.15, 0.2) is 45.6 Å². The average Bonchev–Trinajstić information content (AvgIpc) is 2.33. The van der Waals surface area contributed by atoms with Gasteiger partial charge in [0.25, 0.3) is 5.91 Å². The normalized spacial score (nSPS) is 10.2. The first kappa shape index (κ1) is 13.5. The van der Waals surface area contributed by atoms with Crippen molar-refractivity contribution in [2.75, 3.05) is 5.32 Å². The van der Waals surface area contributed by atoms with E-state index in [2.05, 4.69) is 42.2 Å². The maximum Gasteiger partial charge on any atom is 0.257 e. The van der Waals surface area contributed by atoms with Gasteiger partial charge in [-0.15, -0.1) is 0 Å². The number of carbonyl (C=O) groups excluding carboxylic acids is 1. The zero-order valence-corrected chi connectivity index (χ0v) is 12.9.